The van der Waals surface area contributed by atoms with Crippen molar-refractivity contribution in [3.05, 3.63) is 11.6 Å². The van der Waals surface area contributed by atoms with Gasteiger partial charge < -0.3 is 33.5 Å². The summed E-state index contributed by atoms with van der Waals surface area (Å²) in [6, 6.07) is 0. The van der Waals surface area contributed by atoms with E-state index in [1.54, 1.807) is 13.8 Å². The Labute approximate surface area is 272 Å². The molecule has 46 heavy (non-hydrogen) atoms. The Balaban J connectivity index is 1.26. The molecule has 4 fully saturated rings. The summed E-state index contributed by atoms with van der Waals surface area (Å²) in [5.74, 6) is -0.581. The van der Waals surface area contributed by atoms with Crippen molar-refractivity contribution >= 4 is 23.7 Å². The molecule has 11 nitrogen and oxygen atoms in total. The summed E-state index contributed by atoms with van der Waals surface area (Å²) in [5.41, 5.74) is 1.37. The first kappa shape index (κ1) is 35.0. The number of hydrogen-bond donors (Lipinski definition) is 1. The summed E-state index contributed by atoms with van der Waals surface area (Å²) in [5, 5.41) is 10.4. The fraction of sp³-hybridized carbons (Fsp3) is 0.829. The Hall–Kier alpha value is -2.34. The number of rotatable bonds is 9. The maximum absolute atomic E-state index is 13.2. The predicted octanol–water partition coefficient (Wildman–Crippen LogP) is 4.07. The number of ether oxygens (including phenoxy) is 6. The molecule has 0 aromatic carbocycles. The van der Waals surface area contributed by atoms with Crippen LogP contribution >= 0.6 is 0 Å². The van der Waals surface area contributed by atoms with Gasteiger partial charge in [-0.15, -0.1) is 0 Å². The van der Waals surface area contributed by atoms with Gasteiger partial charge >= 0.3 is 17.9 Å². The number of Topliss-reactive ketones (excluding diaryl/α,β-unsaturated/α-hetero) is 1. The third-order valence-corrected chi connectivity index (χ3v) is 11.9. The normalized spacial score (nSPS) is 43.3. The maximum Gasteiger partial charge on any atom is 0.303 e. The van der Waals surface area contributed by atoms with Crippen LogP contribution in [0, 0.1) is 34.5 Å². The summed E-state index contributed by atoms with van der Waals surface area (Å²) in [4.78, 5) is 49.0. The average molecular weight is 649 g/mol. The number of fused-ring (bicyclic) bond motifs is 5. The second kappa shape index (κ2) is 13.6. The van der Waals surface area contributed by atoms with Crippen LogP contribution in [0.1, 0.15) is 93.4 Å². The number of hydrogen-bond acceptors (Lipinski definition) is 11. The molecule has 258 valence electrons. The van der Waals surface area contributed by atoms with Gasteiger partial charge in [0.2, 0.25) is 0 Å². The molecule has 5 aliphatic rings. The smallest absolute Gasteiger partial charge is 0.303 e. The minimum Gasteiger partial charge on any atom is -0.456 e. The number of esters is 3. The van der Waals surface area contributed by atoms with Crippen LogP contribution in [0.2, 0.25) is 0 Å². The fourth-order valence-corrected chi connectivity index (χ4v) is 9.99. The summed E-state index contributed by atoms with van der Waals surface area (Å²) < 4.78 is 34.8. The molecule has 1 aliphatic heterocycles. The zero-order valence-corrected chi connectivity index (χ0v) is 28.3. The molecule has 13 atom stereocenters. The number of aliphatic hydroxyl groups is 1. The minimum absolute atomic E-state index is 0.0707. The van der Waals surface area contributed by atoms with E-state index in [0.717, 1.165) is 44.9 Å². The summed E-state index contributed by atoms with van der Waals surface area (Å²) in [6.45, 7) is 11.9. The van der Waals surface area contributed by atoms with E-state index in [0.29, 0.717) is 17.8 Å². The van der Waals surface area contributed by atoms with Gasteiger partial charge in [0.05, 0.1) is 31.5 Å². The van der Waals surface area contributed by atoms with Crippen LogP contribution in [-0.4, -0.2) is 84.9 Å². The Morgan fingerprint density at radius 3 is 2.15 bits per heavy atom. The van der Waals surface area contributed by atoms with Crippen LogP contribution in [0.15, 0.2) is 11.6 Å². The van der Waals surface area contributed by atoms with Crippen molar-refractivity contribution in [1.82, 2.24) is 0 Å². The van der Waals surface area contributed by atoms with Gasteiger partial charge in [-0.2, -0.15) is 0 Å². The third-order valence-electron chi connectivity index (χ3n) is 11.9. The van der Waals surface area contributed by atoms with Crippen LogP contribution in [0.4, 0.5) is 0 Å². The van der Waals surface area contributed by atoms with Gasteiger partial charge in [0.15, 0.2) is 24.6 Å². The van der Waals surface area contributed by atoms with Gasteiger partial charge in [-0.25, -0.2) is 0 Å². The first-order valence-electron chi connectivity index (χ1n) is 16.9. The van der Waals surface area contributed by atoms with E-state index in [-0.39, 0.29) is 48.0 Å². The molecule has 0 unspecified atom stereocenters. The van der Waals surface area contributed by atoms with Crippen molar-refractivity contribution in [1.29, 1.82) is 0 Å². The van der Waals surface area contributed by atoms with E-state index in [1.807, 2.05) is 0 Å². The van der Waals surface area contributed by atoms with Crippen molar-refractivity contribution in [2.24, 2.45) is 34.5 Å². The average Bonchev–Trinajstić information content (AvgIpc) is 3.27. The quantitative estimate of drug-likeness (QED) is 0.167. The van der Waals surface area contributed by atoms with Gasteiger partial charge in [0.1, 0.15) is 5.78 Å². The highest BCUT2D eigenvalue weighted by Crippen LogP contribution is 2.66. The van der Waals surface area contributed by atoms with Crippen molar-refractivity contribution in [3.8, 4) is 0 Å². The van der Waals surface area contributed by atoms with Crippen LogP contribution in [0.25, 0.3) is 0 Å². The standard InChI is InChI=1S/C35H52O11/c1-18(36)29-28(17-27-25-9-8-23-16-24(40)10-12-34(23,6)26(25)11-13-35(27,29)7)41-14-15-42-33-32(46-22(5)39)31(45-21(4)38)30(19(2)43-33)44-20(3)37/h8,19,24-33,40H,9-17H2,1-7H3/t19-,24-,25+,26-,27-,28+,29-,30-,31+,32+,33+,34-,35-/m0/s1. The summed E-state index contributed by atoms with van der Waals surface area (Å²) in [6.07, 6.45) is 3.21. The predicted molar refractivity (Wildman–Crippen MR) is 164 cm³/mol. The highest BCUT2D eigenvalue weighted by molar-refractivity contribution is 5.80. The first-order chi connectivity index (χ1) is 21.7. The molecule has 0 amide bonds. The lowest BCUT2D eigenvalue weighted by Crippen LogP contribution is -2.61. The molecule has 0 bridgehead atoms. The second-order valence-electron chi connectivity index (χ2n) is 14.7. The van der Waals surface area contributed by atoms with E-state index in [1.165, 1.54) is 26.3 Å². The van der Waals surface area contributed by atoms with Crippen LogP contribution < -0.4 is 0 Å². The topological polar surface area (TPSA) is 144 Å². The summed E-state index contributed by atoms with van der Waals surface area (Å²) in [7, 11) is 0. The Kier molecular flexibility index (Phi) is 10.4. The Morgan fingerprint density at radius 1 is 0.870 bits per heavy atom. The monoisotopic (exact) mass is 648 g/mol. The van der Waals surface area contributed by atoms with Crippen molar-refractivity contribution < 1.29 is 52.7 Å². The summed E-state index contributed by atoms with van der Waals surface area (Å²) >= 11 is 0. The lowest BCUT2D eigenvalue weighted by molar-refractivity contribution is -0.302. The molecule has 0 radical (unpaired) electrons. The van der Waals surface area contributed by atoms with Crippen molar-refractivity contribution in [2.45, 2.75) is 136 Å². The van der Waals surface area contributed by atoms with E-state index in [2.05, 4.69) is 19.9 Å². The maximum atomic E-state index is 13.2. The molecule has 3 saturated carbocycles. The van der Waals surface area contributed by atoms with E-state index >= 15 is 0 Å². The minimum atomic E-state index is -1.18. The Morgan fingerprint density at radius 2 is 1.50 bits per heavy atom. The van der Waals surface area contributed by atoms with E-state index in [4.69, 9.17) is 28.4 Å². The zero-order chi connectivity index (χ0) is 33.6. The molecule has 11 heteroatoms. The highest BCUT2D eigenvalue weighted by Gasteiger charge is 2.62. The number of aliphatic hydroxyl groups excluding tert-OH is 1. The van der Waals surface area contributed by atoms with Gasteiger partial charge in [0.25, 0.3) is 0 Å². The molecule has 5 rings (SSSR count). The Bertz CT molecular complexity index is 1210. The number of carbonyl (C=O) groups excluding carboxylic acids is 4. The molecule has 1 saturated heterocycles. The van der Waals surface area contributed by atoms with Crippen LogP contribution in [0.3, 0.4) is 0 Å². The van der Waals surface area contributed by atoms with E-state index < -0.39 is 48.6 Å². The molecule has 1 N–H and O–H groups in total. The van der Waals surface area contributed by atoms with Crippen LogP contribution in [0.5, 0.6) is 0 Å². The van der Waals surface area contributed by atoms with Gasteiger partial charge in [0, 0.05) is 26.7 Å². The second-order valence-corrected chi connectivity index (χ2v) is 14.7. The van der Waals surface area contributed by atoms with E-state index in [9.17, 15) is 24.3 Å². The molecule has 4 aliphatic carbocycles. The molecular weight excluding hydrogens is 596 g/mol. The number of allylic oxidation sites excluding steroid dienone is 1. The van der Waals surface area contributed by atoms with Gasteiger partial charge in [-0.05, 0) is 87.4 Å². The number of carbonyl (C=O) groups is 4. The molecule has 0 aromatic heterocycles. The van der Waals surface area contributed by atoms with Crippen molar-refractivity contribution in [2.75, 3.05) is 13.2 Å². The lowest BCUT2D eigenvalue weighted by atomic mass is 9.47. The van der Waals surface area contributed by atoms with Crippen molar-refractivity contribution in [3.63, 3.8) is 0 Å². The van der Waals surface area contributed by atoms with Crippen LogP contribution in [-0.2, 0) is 47.6 Å². The molecule has 0 spiro atoms. The molecule has 0 aromatic rings. The largest absolute Gasteiger partial charge is 0.456 e. The first-order valence-corrected chi connectivity index (χ1v) is 16.9. The molecular formula is C35H52O11. The molecule has 1 heterocycles. The lowest BCUT2D eigenvalue weighted by Gasteiger charge is -2.57. The number of ketones is 1. The SMILES string of the molecule is CC(=O)O[C@@H]1[C@@H](OC(C)=O)[C@H](C)O[C@@H](OCCO[C@@H]2C[C@H]3[C@@H]4CC=C5C[C@@H](O)CC[C@]5(C)[C@H]4CC[C@]3(C)[C@H]2C(C)=O)[C@@H]1OC(C)=O. The van der Waals surface area contributed by atoms with Gasteiger partial charge in [-0.3, -0.25) is 19.2 Å². The third kappa shape index (κ3) is 6.66. The highest BCUT2D eigenvalue weighted by atomic mass is 16.7. The van der Waals surface area contributed by atoms with Gasteiger partial charge in [-0.1, -0.05) is 25.5 Å². The fourth-order valence-electron chi connectivity index (χ4n) is 9.99. The zero-order valence-electron chi connectivity index (χ0n) is 28.3.